The fraction of sp³-hybridized carbons (Fsp3) is 0.278. The first kappa shape index (κ1) is 15.1. The van der Waals surface area contributed by atoms with Crippen molar-refractivity contribution in [1.82, 2.24) is 0 Å². The predicted octanol–water partition coefficient (Wildman–Crippen LogP) is 3.93. The number of carbonyl (C=O) groups is 1. The van der Waals surface area contributed by atoms with Crippen LogP contribution in [0.4, 0.5) is 0 Å². The lowest BCUT2D eigenvalue weighted by Crippen LogP contribution is -2.08. The molecule has 0 N–H and O–H groups in total. The van der Waals surface area contributed by atoms with Gasteiger partial charge in [0.2, 0.25) is 0 Å². The monoisotopic (exact) mass is 284 g/mol. The molecule has 0 amide bonds. The summed E-state index contributed by atoms with van der Waals surface area (Å²) in [7, 11) is 1.64. The van der Waals surface area contributed by atoms with Crippen LogP contribution in [0.15, 0.2) is 54.6 Å². The van der Waals surface area contributed by atoms with Gasteiger partial charge >= 0.3 is 5.97 Å². The minimum absolute atomic E-state index is 0.124. The summed E-state index contributed by atoms with van der Waals surface area (Å²) in [6.07, 6.45) is 0.374. The number of esters is 1. The van der Waals surface area contributed by atoms with E-state index in [4.69, 9.17) is 9.47 Å². The van der Waals surface area contributed by atoms with Crippen LogP contribution in [0, 0.1) is 0 Å². The summed E-state index contributed by atoms with van der Waals surface area (Å²) in [5.41, 5.74) is 2.11. The van der Waals surface area contributed by atoms with Crippen LogP contribution in [-0.2, 0) is 16.1 Å². The van der Waals surface area contributed by atoms with E-state index in [1.807, 2.05) is 61.5 Å². The van der Waals surface area contributed by atoms with Crippen molar-refractivity contribution in [3.8, 4) is 5.75 Å². The van der Waals surface area contributed by atoms with Gasteiger partial charge in [0.05, 0.1) is 13.5 Å². The number of carbonyl (C=O) groups excluding carboxylic acids is 1. The van der Waals surface area contributed by atoms with E-state index in [-0.39, 0.29) is 11.9 Å². The first-order chi connectivity index (χ1) is 10.2. The van der Waals surface area contributed by atoms with E-state index in [0.29, 0.717) is 13.0 Å². The molecule has 0 saturated heterocycles. The fourth-order valence-corrected chi connectivity index (χ4v) is 2.10. The van der Waals surface area contributed by atoms with Crippen LogP contribution in [-0.4, -0.2) is 13.1 Å². The standard InChI is InChI=1S/C18H20O3/c1-14(16-8-10-17(20-2)11-9-16)12-18(19)21-13-15-6-4-3-5-7-15/h3-11,14H,12-13H2,1-2H3. The zero-order chi connectivity index (χ0) is 15.1. The van der Waals surface area contributed by atoms with Crippen LogP contribution in [0.25, 0.3) is 0 Å². The second kappa shape index (κ2) is 7.48. The van der Waals surface area contributed by atoms with E-state index in [1.54, 1.807) is 7.11 Å². The van der Waals surface area contributed by atoms with Gasteiger partial charge in [0, 0.05) is 0 Å². The number of hydrogen-bond donors (Lipinski definition) is 0. The maximum Gasteiger partial charge on any atom is 0.306 e. The average Bonchev–Trinajstić information content (AvgIpc) is 2.54. The fourth-order valence-electron chi connectivity index (χ4n) is 2.10. The van der Waals surface area contributed by atoms with Crippen LogP contribution in [0.2, 0.25) is 0 Å². The molecule has 0 heterocycles. The van der Waals surface area contributed by atoms with Gasteiger partial charge in [-0.15, -0.1) is 0 Å². The molecule has 1 atom stereocenters. The van der Waals surface area contributed by atoms with Gasteiger partial charge in [0.15, 0.2) is 0 Å². The molecule has 0 aliphatic carbocycles. The Morgan fingerprint density at radius 3 is 2.33 bits per heavy atom. The molecule has 0 aliphatic heterocycles. The number of methoxy groups -OCH3 is 1. The van der Waals surface area contributed by atoms with Crippen LogP contribution in [0.1, 0.15) is 30.4 Å². The minimum atomic E-state index is -0.179. The second-order valence-electron chi connectivity index (χ2n) is 5.02. The van der Waals surface area contributed by atoms with E-state index in [1.165, 1.54) is 0 Å². The number of benzene rings is 2. The molecule has 0 bridgehead atoms. The molecule has 1 unspecified atom stereocenters. The molecule has 3 heteroatoms. The van der Waals surface area contributed by atoms with Crippen molar-refractivity contribution in [2.75, 3.05) is 7.11 Å². The quantitative estimate of drug-likeness (QED) is 0.754. The largest absolute Gasteiger partial charge is 0.497 e. The molecular formula is C18H20O3. The normalized spacial score (nSPS) is 11.7. The lowest BCUT2D eigenvalue weighted by atomic mass is 9.98. The second-order valence-corrected chi connectivity index (χ2v) is 5.02. The number of hydrogen-bond acceptors (Lipinski definition) is 3. The third-order valence-corrected chi connectivity index (χ3v) is 3.40. The van der Waals surface area contributed by atoms with Gasteiger partial charge in [-0.05, 0) is 29.2 Å². The van der Waals surface area contributed by atoms with Crippen molar-refractivity contribution in [2.45, 2.75) is 25.9 Å². The van der Waals surface area contributed by atoms with Crippen LogP contribution >= 0.6 is 0 Å². The first-order valence-electron chi connectivity index (χ1n) is 7.02. The van der Waals surface area contributed by atoms with Gasteiger partial charge in [-0.3, -0.25) is 4.79 Å². The highest BCUT2D eigenvalue weighted by Crippen LogP contribution is 2.22. The topological polar surface area (TPSA) is 35.5 Å². The minimum Gasteiger partial charge on any atom is -0.497 e. The SMILES string of the molecule is COc1ccc(C(C)CC(=O)OCc2ccccc2)cc1. The van der Waals surface area contributed by atoms with Gasteiger partial charge < -0.3 is 9.47 Å². The van der Waals surface area contributed by atoms with E-state index >= 15 is 0 Å². The Morgan fingerprint density at radius 1 is 1.05 bits per heavy atom. The van der Waals surface area contributed by atoms with Gasteiger partial charge in [-0.25, -0.2) is 0 Å². The third-order valence-electron chi connectivity index (χ3n) is 3.40. The zero-order valence-corrected chi connectivity index (χ0v) is 12.4. The summed E-state index contributed by atoms with van der Waals surface area (Å²) < 4.78 is 10.4. The lowest BCUT2D eigenvalue weighted by molar-refractivity contribution is -0.145. The highest BCUT2D eigenvalue weighted by atomic mass is 16.5. The first-order valence-corrected chi connectivity index (χ1v) is 7.02. The van der Waals surface area contributed by atoms with Crippen LogP contribution < -0.4 is 4.74 Å². The molecule has 0 aromatic heterocycles. The van der Waals surface area contributed by atoms with Crippen LogP contribution in [0.3, 0.4) is 0 Å². The van der Waals surface area contributed by atoms with E-state index < -0.39 is 0 Å². The summed E-state index contributed by atoms with van der Waals surface area (Å²) >= 11 is 0. The van der Waals surface area contributed by atoms with E-state index in [0.717, 1.165) is 16.9 Å². The predicted molar refractivity (Wildman–Crippen MR) is 82.3 cm³/mol. The van der Waals surface area contributed by atoms with Gasteiger partial charge in [-0.2, -0.15) is 0 Å². The maximum atomic E-state index is 11.9. The summed E-state index contributed by atoms with van der Waals surface area (Å²) in [5, 5.41) is 0. The molecule has 0 aliphatic rings. The molecule has 0 radical (unpaired) electrons. The molecule has 110 valence electrons. The smallest absolute Gasteiger partial charge is 0.306 e. The summed E-state index contributed by atoms with van der Waals surface area (Å²) in [4.78, 5) is 11.9. The van der Waals surface area contributed by atoms with E-state index in [9.17, 15) is 4.79 Å². The van der Waals surface area contributed by atoms with Gasteiger partial charge in [0.1, 0.15) is 12.4 Å². The summed E-state index contributed by atoms with van der Waals surface area (Å²) in [6.45, 7) is 2.35. The van der Waals surface area contributed by atoms with Crippen molar-refractivity contribution >= 4 is 5.97 Å². The Hall–Kier alpha value is -2.29. The molecule has 0 saturated carbocycles. The molecule has 3 nitrogen and oxygen atoms in total. The summed E-state index contributed by atoms with van der Waals surface area (Å²) in [5.74, 6) is 0.763. The molecule has 0 fully saturated rings. The van der Waals surface area contributed by atoms with Crippen molar-refractivity contribution < 1.29 is 14.3 Å². The third kappa shape index (κ3) is 4.63. The van der Waals surface area contributed by atoms with Crippen molar-refractivity contribution in [3.05, 3.63) is 65.7 Å². The molecule has 2 rings (SSSR count). The van der Waals surface area contributed by atoms with Crippen molar-refractivity contribution in [3.63, 3.8) is 0 Å². The Kier molecular flexibility index (Phi) is 5.38. The molecule has 2 aromatic rings. The Bertz CT molecular complexity index is 561. The summed E-state index contributed by atoms with van der Waals surface area (Å²) in [6, 6.07) is 17.5. The molecular weight excluding hydrogens is 264 g/mol. The Morgan fingerprint density at radius 2 is 1.71 bits per heavy atom. The van der Waals surface area contributed by atoms with Gasteiger partial charge in [0.25, 0.3) is 0 Å². The van der Waals surface area contributed by atoms with Crippen molar-refractivity contribution in [1.29, 1.82) is 0 Å². The Labute approximate surface area is 125 Å². The highest BCUT2D eigenvalue weighted by molar-refractivity contribution is 5.70. The molecule has 2 aromatic carbocycles. The zero-order valence-electron chi connectivity index (χ0n) is 12.4. The van der Waals surface area contributed by atoms with Crippen LogP contribution in [0.5, 0.6) is 5.75 Å². The Balaban J connectivity index is 1.83. The molecule has 0 spiro atoms. The van der Waals surface area contributed by atoms with Crippen molar-refractivity contribution in [2.24, 2.45) is 0 Å². The maximum absolute atomic E-state index is 11.9. The average molecular weight is 284 g/mol. The number of rotatable bonds is 6. The van der Waals surface area contributed by atoms with E-state index in [2.05, 4.69) is 0 Å². The van der Waals surface area contributed by atoms with Gasteiger partial charge in [-0.1, -0.05) is 49.4 Å². The number of ether oxygens (including phenoxy) is 2. The highest BCUT2D eigenvalue weighted by Gasteiger charge is 2.12. The lowest BCUT2D eigenvalue weighted by Gasteiger charge is -2.12. The molecule has 21 heavy (non-hydrogen) atoms.